The molecule has 0 aliphatic carbocycles. The van der Waals surface area contributed by atoms with Crippen LogP contribution < -0.4 is 11.3 Å². The third kappa shape index (κ3) is 3.27. The zero-order chi connectivity index (χ0) is 12.0. The molecular weight excluding hydrogens is 202 g/mol. The third-order valence-electron chi connectivity index (χ3n) is 2.57. The Morgan fingerprint density at radius 3 is 2.69 bits per heavy atom. The van der Waals surface area contributed by atoms with Gasteiger partial charge in [-0.05, 0) is 24.5 Å². The van der Waals surface area contributed by atoms with Crippen molar-refractivity contribution in [2.75, 3.05) is 6.61 Å². The number of nitrogens with one attached hydrogen (secondary N) is 1. The Balaban J connectivity index is 2.86. The van der Waals surface area contributed by atoms with Crippen molar-refractivity contribution in [3.05, 3.63) is 30.1 Å². The highest BCUT2D eigenvalue weighted by molar-refractivity contribution is 5.15. The van der Waals surface area contributed by atoms with Gasteiger partial charge in [-0.3, -0.25) is 16.3 Å². The molecule has 1 rings (SSSR count). The first-order valence-electron chi connectivity index (χ1n) is 5.68. The minimum atomic E-state index is -0.0198. The molecule has 4 heteroatoms. The average Bonchev–Trinajstić information content (AvgIpc) is 2.30. The van der Waals surface area contributed by atoms with Crippen LogP contribution in [0.25, 0.3) is 0 Å². The first-order valence-corrected chi connectivity index (χ1v) is 5.68. The van der Waals surface area contributed by atoms with Gasteiger partial charge in [0, 0.05) is 19.0 Å². The van der Waals surface area contributed by atoms with Crippen molar-refractivity contribution in [3.63, 3.8) is 0 Å². The van der Waals surface area contributed by atoms with Gasteiger partial charge in [0.1, 0.15) is 0 Å². The van der Waals surface area contributed by atoms with Crippen molar-refractivity contribution in [1.82, 2.24) is 10.4 Å². The Bertz CT molecular complexity index is 290. The van der Waals surface area contributed by atoms with Gasteiger partial charge in [0.2, 0.25) is 0 Å². The predicted octanol–water partition coefficient (Wildman–Crippen LogP) is 1.65. The van der Waals surface area contributed by atoms with Crippen LogP contribution in [0.15, 0.2) is 24.5 Å². The van der Waals surface area contributed by atoms with E-state index in [1.54, 1.807) is 6.20 Å². The molecule has 90 valence electrons. The fraction of sp³-hybridized carbons (Fsp3) is 0.583. The molecule has 0 fully saturated rings. The Labute approximate surface area is 97.2 Å². The number of hydrazine groups is 1. The number of rotatable bonds is 6. The smallest absolute Gasteiger partial charge is 0.0805 e. The average molecular weight is 223 g/mol. The Morgan fingerprint density at radius 1 is 1.50 bits per heavy atom. The maximum absolute atomic E-state index is 5.74. The molecule has 1 aromatic rings. The summed E-state index contributed by atoms with van der Waals surface area (Å²) in [6.45, 7) is 6.93. The highest BCUT2D eigenvalue weighted by atomic mass is 16.5. The van der Waals surface area contributed by atoms with Gasteiger partial charge in [0.15, 0.2) is 0 Å². The van der Waals surface area contributed by atoms with Gasteiger partial charge in [-0.25, -0.2) is 0 Å². The normalized spacial score (nSPS) is 15.1. The molecule has 0 saturated heterocycles. The van der Waals surface area contributed by atoms with Gasteiger partial charge in [-0.1, -0.05) is 19.9 Å². The monoisotopic (exact) mass is 223 g/mol. The third-order valence-corrected chi connectivity index (χ3v) is 2.57. The van der Waals surface area contributed by atoms with E-state index >= 15 is 0 Å². The lowest BCUT2D eigenvalue weighted by molar-refractivity contribution is 0.00269. The van der Waals surface area contributed by atoms with E-state index in [0.29, 0.717) is 12.5 Å². The zero-order valence-electron chi connectivity index (χ0n) is 10.2. The molecule has 16 heavy (non-hydrogen) atoms. The lowest BCUT2D eigenvalue weighted by Crippen LogP contribution is -2.40. The van der Waals surface area contributed by atoms with Crippen molar-refractivity contribution in [2.45, 2.75) is 32.9 Å². The molecule has 0 radical (unpaired) electrons. The number of hydrogen-bond donors (Lipinski definition) is 2. The van der Waals surface area contributed by atoms with Crippen LogP contribution in [-0.4, -0.2) is 17.7 Å². The summed E-state index contributed by atoms with van der Waals surface area (Å²) >= 11 is 0. The molecule has 0 amide bonds. The molecule has 2 unspecified atom stereocenters. The lowest BCUT2D eigenvalue weighted by Gasteiger charge is -2.29. The lowest BCUT2D eigenvalue weighted by atomic mass is 9.95. The Morgan fingerprint density at radius 2 is 2.25 bits per heavy atom. The largest absolute Gasteiger partial charge is 0.376 e. The van der Waals surface area contributed by atoms with Crippen molar-refractivity contribution < 1.29 is 4.74 Å². The summed E-state index contributed by atoms with van der Waals surface area (Å²) in [6, 6.07) is 3.89. The Kier molecular flexibility index (Phi) is 5.38. The van der Waals surface area contributed by atoms with Crippen LogP contribution >= 0.6 is 0 Å². The molecule has 0 bridgehead atoms. The summed E-state index contributed by atoms with van der Waals surface area (Å²) in [7, 11) is 0. The van der Waals surface area contributed by atoms with Gasteiger partial charge in [0.25, 0.3) is 0 Å². The summed E-state index contributed by atoms with van der Waals surface area (Å²) in [5.41, 5.74) is 3.87. The van der Waals surface area contributed by atoms with Crippen LogP contribution in [0.3, 0.4) is 0 Å². The summed E-state index contributed by atoms with van der Waals surface area (Å²) in [4.78, 5) is 4.10. The maximum Gasteiger partial charge on any atom is 0.0805 e. The Hall–Kier alpha value is -0.970. The molecular formula is C12H21N3O. The van der Waals surface area contributed by atoms with Crippen LogP contribution in [0.2, 0.25) is 0 Å². The molecule has 0 saturated carbocycles. The highest BCUT2D eigenvalue weighted by Crippen LogP contribution is 2.23. The van der Waals surface area contributed by atoms with Gasteiger partial charge in [-0.2, -0.15) is 0 Å². The van der Waals surface area contributed by atoms with Gasteiger partial charge < -0.3 is 4.74 Å². The quantitative estimate of drug-likeness (QED) is 0.568. The number of nitrogens with zero attached hydrogens (tertiary/aromatic N) is 1. The second-order valence-electron chi connectivity index (χ2n) is 4.09. The fourth-order valence-corrected chi connectivity index (χ4v) is 1.81. The molecule has 0 spiro atoms. The maximum atomic E-state index is 5.74. The number of hydrogen-bond acceptors (Lipinski definition) is 4. The highest BCUT2D eigenvalue weighted by Gasteiger charge is 2.25. The van der Waals surface area contributed by atoms with Gasteiger partial charge >= 0.3 is 0 Å². The summed E-state index contributed by atoms with van der Waals surface area (Å²) < 4.78 is 5.74. The second-order valence-corrected chi connectivity index (χ2v) is 4.09. The van der Waals surface area contributed by atoms with Crippen molar-refractivity contribution in [1.29, 1.82) is 0 Å². The van der Waals surface area contributed by atoms with Crippen molar-refractivity contribution in [2.24, 2.45) is 11.8 Å². The standard InChI is InChI=1S/C12H21N3O/c1-4-16-12(9(2)3)11(15-13)10-6-5-7-14-8-10/h5-9,11-12,15H,4,13H2,1-3H3. The van der Waals surface area contributed by atoms with Crippen molar-refractivity contribution in [3.8, 4) is 0 Å². The molecule has 2 atom stereocenters. The number of nitrogens with two attached hydrogens (primary N) is 1. The van der Waals surface area contributed by atoms with Crippen LogP contribution in [-0.2, 0) is 4.74 Å². The van der Waals surface area contributed by atoms with Gasteiger partial charge in [0.05, 0.1) is 12.1 Å². The molecule has 0 aromatic carbocycles. The van der Waals surface area contributed by atoms with Gasteiger partial charge in [-0.15, -0.1) is 0 Å². The first-order chi connectivity index (χ1) is 7.70. The first kappa shape index (κ1) is 13.1. The van der Waals surface area contributed by atoms with E-state index in [-0.39, 0.29) is 12.1 Å². The SMILES string of the molecule is CCOC(C(C)C)C(NN)c1cccnc1. The molecule has 3 N–H and O–H groups in total. The number of aromatic nitrogens is 1. The molecule has 4 nitrogen and oxygen atoms in total. The van der Waals surface area contributed by atoms with E-state index in [2.05, 4.69) is 24.3 Å². The van der Waals surface area contributed by atoms with Crippen LogP contribution in [0, 0.1) is 5.92 Å². The van der Waals surface area contributed by atoms with E-state index in [9.17, 15) is 0 Å². The molecule has 0 aliphatic rings. The summed E-state index contributed by atoms with van der Waals surface area (Å²) in [6.07, 6.45) is 3.63. The molecule has 1 aromatic heterocycles. The predicted molar refractivity (Wildman–Crippen MR) is 64.6 cm³/mol. The van der Waals surface area contributed by atoms with Crippen LogP contribution in [0.5, 0.6) is 0 Å². The topological polar surface area (TPSA) is 60.2 Å². The van der Waals surface area contributed by atoms with E-state index < -0.39 is 0 Å². The molecule has 0 aliphatic heterocycles. The van der Waals surface area contributed by atoms with E-state index in [0.717, 1.165) is 5.56 Å². The van der Waals surface area contributed by atoms with Crippen LogP contribution in [0.4, 0.5) is 0 Å². The number of pyridine rings is 1. The summed E-state index contributed by atoms with van der Waals surface area (Å²) in [5.74, 6) is 6.01. The van der Waals surface area contributed by atoms with E-state index in [4.69, 9.17) is 10.6 Å². The van der Waals surface area contributed by atoms with E-state index in [1.807, 2.05) is 25.3 Å². The second kappa shape index (κ2) is 6.58. The minimum Gasteiger partial charge on any atom is -0.376 e. The van der Waals surface area contributed by atoms with Crippen LogP contribution in [0.1, 0.15) is 32.4 Å². The zero-order valence-corrected chi connectivity index (χ0v) is 10.2. The molecule has 1 heterocycles. The van der Waals surface area contributed by atoms with E-state index in [1.165, 1.54) is 0 Å². The minimum absolute atomic E-state index is 0.0198. The fourth-order valence-electron chi connectivity index (χ4n) is 1.81. The van der Waals surface area contributed by atoms with Crippen molar-refractivity contribution >= 4 is 0 Å². The summed E-state index contributed by atoms with van der Waals surface area (Å²) in [5, 5.41) is 0. The number of ether oxygens (including phenoxy) is 1.